The molecule has 1 amide bonds. The molecule has 1 aromatic carbocycles. The predicted molar refractivity (Wildman–Crippen MR) is 79.7 cm³/mol. The summed E-state index contributed by atoms with van der Waals surface area (Å²) in [5.41, 5.74) is 1.06. The van der Waals surface area contributed by atoms with Crippen LogP contribution < -0.4 is 5.32 Å². The first-order chi connectivity index (χ1) is 10.7. The first kappa shape index (κ1) is 13.5. The molecular weight excluding hydrogens is 281 g/mol. The molecule has 3 atom stereocenters. The van der Waals surface area contributed by atoms with Crippen molar-refractivity contribution in [3.63, 3.8) is 0 Å². The lowest BCUT2D eigenvalue weighted by Crippen LogP contribution is -2.41. The average molecular weight is 299 g/mol. The van der Waals surface area contributed by atoms with Gasteiger partial charge in [0.1, 0.15) is 11.6 Å². The van der Waals surface area contributed by atoms with Crippen LogP contribution in [-0.2, 0) is 17.8 Å². The summed E-state index contributed by atoms with van der Waals surface area (Å²) in [6.07, 6.45) is 6.48. The quantitative estimate of drug-likeness (QED) is 0.945. The molecule has 22 heavy (non-hydrogen) atoms. The van der Waals surface area contributed by atoms with Gasteiger partial charge in [-0.1, -0.05) is 12.1 Å². The number of aryl methyl sites for hydroxylation is 1. The van der Waals surface area contributed by atoms with Crippen LogP contribution in [-0.4, -0.2) is 21.5 Å². The summed E-state index contributed by atoms with van der Waals surface area (Å²) < 4.78 is 15.1. The number of nitrogens with zero attached hydrogens (tertiary/aromatic N) is 2. The van der Waals surface area contributed by atoms with Gasteiger partial charge in [0.25, 0.3) is 0 Å². The van der Waals surface area contributed by atoms with Gasteiger partial charge in [0, 0.05) is 37.3 Å². The van der Waals surface area contributed by atoms with Crippen molar-refractivity contribution in [3.8, 4) is 0 Å². The van der Waals surface area contributed by atoms with Crippen molar-refractivity contribution < 1.29 is 9.18 Å². The molecule has 1 N–H and O–H groups in total. The monoisotopic (exact) mass is 299 g/mol. The van der Waals surface area contributed by atoms with Gasteiger partial charge in [0.2, 0.25) is 5.91 Å². The van der Waals surface area contributed by atoms with Gasteiger partial charge in [-0.25, -0.2) is 9.37 Å². The zero-order chi connectivity index (χ0) is 15.1. The molecule has 0 bridgehead atoms. The molecule has 0 unspecified atom stereocenters. The highest BCUT2D eigenvalue weighted by Crippen LogP contribution is 2.47. The molecule has 1 aliphatic heterocycles. The summed E-state index contributed by atoms with van der Waals surface area (Å²) in [5, 5.41) is 3.16. The van der Waals surface area contributed by atoms with Crippen molar-refractivity contribution in [1.82, 2.24) is 14.9 Å². The van der Waals surface area contributed by atoms with Crippen LogP contribution in [0.25, 0.3) is 0 Å². The number of aromatic nitrogens is 2. The Morgan fingerprint density at radius 1 is 1.32 bits per heavy atom. The second kappa shape index (κ2) is 5.23. The topological polar surface area (TPSA) is 46.9 Å². The van der Waals surface area contributed by atoms with Crippen LogP contribution in [0.4, 0.5) is 4.39 Å². The van der Waals surface area contributed by atoms with Crippen LogP contribution in [0.2, 0.25) is 0 Å². The number of benzene rings is 1. The van der Waals surface area contributed by atoms with Gasteiger partial charge in [0.15, 0.2) is 0 Å². The molecule has 4 rings (SSSR count). The van der Waals surface area contributed by atoms with Crippen molar-refractivity contribution in [3.05, 3.63) is 53.9 Å². The number of hydrogen-bond acceptors (Lipinski definition) is 2. The highest BCUT2D eigenvalue weighted by molar-refractivity contribution is 5.83. The third-order valence-corrected chi connectivity index (χ3v) is 4.71. The zero-order valence-corrected chi connectivity index (χ0v) is 12.2. The maximum atomic E-state index is 12.9. The van der Waals surface area contributed by atoms with E-state index in [4.69, 9.17) is 0 Å². The number of amides is 1. The zero-order valence-electron chi connectivity index (χ0n) is 12.2. The summed E-state index contributed by atoms with van der Waals surface area (Å²) in [7, 11) is 0. The van der Waals surface area contributed by atoms with Gasteiger partial charge in [0.05, 0.1) is 0 Å². The fourth-order valence-electron chi connectivity index (χ4n) is 3.36. The molecule has 2 aromatic rings. The van der Waals surface area contributed by atoms with Crippen molar-refractivity contribution in [2.45, 2.75) is 37.8 Å². The largest absolute Gasteiger partial charge is 0.351 e. The molecule has 1 aromatic heterocycles. The summed E-state index contributed by atoms with van der Waals surface area (Å²) in [6.45, 7) is 0.801. The van der Waals surface area contributed by atoms with Crippen molar-refractivity contribution >= 4 is 5.91 Å². The predicted octanol–water partition coefficient (Wildman–Crippen LogP) is 2.26. The Balaban J connectivity index is 1.35. The van der Waals surface area contributed by atoms with Gasteiger partial charge in [-0.15, -0.1) is 0 Å². The third kappa shape index (κ3) is 2.51. The van der Waals surface area contributed by atoms with E-state index in [9.17, 15) is 9.18 Å². The summed E-state index contributed by atoms with van der Waals surface area (Å²) in [6, 6.07) is 6.68. The lowest BCUT2D eigenvalue weighted by molar-refractivity contribution is -0.123. The number of carbonyl (C=O) groups is 1. The molecule has 1 aliphatic carbocycles. The van der Waals surface area contributed by atoms with Crippen LogP contribution in [0.5, 0.6) is 0 Å². The van der Waals surface area contributed by atoms with E-state index in [2.05, 4.69) is 14.9 Å². The van der Waals surface area contributed by atoms with E-state index in [0.29, 0.717) is 0 Å². The van der Waals surface area contributed by atoms with E-state index >= 15 is 0 Å². The molecule has 0 spiro atoms. The summed E-state index contributed by atoms with van der Waals surface area (Å²) in [5.74, 6) is 1.27. The van der Waals surface area contributed by atoms with Crippen LogP contribution in [0.1, 0.15) is 30.1 Å². The Bertz CT molecular complexity index is 694. The Kier molecular flexibility index (Phi) is 3.21. The normalized spacial score (nSPS) is 26.3. The molecule has 1 fully saturated rings. The van der Waals surface area contributed by atoms with Gasteiger partial charge < -0.3 is 9.88 Å². The minimum absolute atomic E-state index is 0.0367. The van der Waals surface area contributed by atoms with Crippen LogP contribution in [0.3, 0.4) is 0 Å². The number of carbonyl (C=O) groups excluding carboxylic acids is 1. The maximum absolute atomic E-state index is 12.9. The smallest absolute Gasteiger partial charge is 0.224 e. The Morgan fingerprint density at radius 3 is 2.95 bits per heavy atom. The standard InChI is InChI=1S/C17H18FN3O/c18-12-3-1-11(2-4-12)14-9-15(14)17(22)20-13-5-6-16-19-7-8-21(16)10-13/h1-4,7-8,13-15H,5-6,9-10H2,(H,20,22)/t13-,14-,15+/m1/s1. The first-order valence-electron chi connectivity index (χ1n) is 7.76. The lowest BCUT2D eigenvalue weighted by Gasteiger charge is -2.24. The average Bonchev–Trinajstić information content (AvgIpc) is 3.18. The molecule has 1 saturated carbocycles. The van der Waals surface area contributed by atoms with Crippen molar-refractivity contribution in [2.75, 3.05) is 0 Å². The summed E-state index contributed by atoms with van der Waals surface area (Å²) in [4.78, 5) is 16.7. The molecule has 0 saturated heterocycles. The Labute approximate surface area is 128 Å². The number of imidazole rings is 1. The molecular formula is C17H18FN3O. The van der Waals surface area contributed by atoms with E-state index in [0.717, 1.165) is 37.2 Å². The lowest BCUT2D eigenvalue weighted by atomic mass is 10.1. The Morgan fingerprint density at radius 2 is 2.14 bits per heavy atom. The van der Waals surface area contributed by atoms with E-state index in [1.165, 1.54) is 12.1 Å². The SMILES string of the molecule is O=C(N[C@@H]1CCc2nccn2C1)[C@H]1C[C@@H]1c1ccc(F)cc1. The Hall–Kier alpha value is -2.17. The van der Waals surface area contributed by atoms with Gasteiger partial charge >= 0.3 is 0 Å². The number of hydrogen-bond donors (Lipinski definition) is 1. The van der Waals surface area contributed by atoms with E-state index in [1.807, 2.05) is 12.4 Å². The fraction of sp³-hybridized carbons (Fsp3) is 0.412. The molecule has 2 heterocycles. The minimum atomic E-state index is -0.233. The number of halogens is 1. The van der Waals surface area contributed by atoms with Gasteiger partial charge in [-0.2, -0.15) is 0 Å². The van der Waals surface area contributed by atoms with Crippen LogP contribution in [0, 0.1) is 11.7 Å². The molecule has 0 radical (unpaired) electrons. The molecule has 5 heteroatoms. The van der Waals surface area contributed by atoms with E-state index < -0.39 is 0 Å². The van der Waals surface area contributed by atoms with E-state index in [1.54, 1.807) is 12.1 Å². The number of rotatable bonds is 3. The molecule has 4 nitrogen and oxygen atoms in total. The summed E-state index contributed by atoms with van der Waals surface area (Å²) >= 11 is 0. The maximum Gasteiger partial charge on any atom is 0.224 e. The number of fused-ring (bicyclic) bond motifs is 1. The minimum Gasteiger partial charge on any atom is -0.351 e. The van der Waals surface area contributed by atoms with Crippen LogP contribution >= 0.6 is 0 Å². The highest BCUT2D eigenvalue weighted by atomic mass is 19.1. The first-order valence-corrected chi connectivity index (χ1v) is 7.76. The second-order valence-electron chi connectivity index (χ2n) is 6.24. The van der Waals surface area contributed by atoms with Crippen molar-refractivity contribution in [2.24, 2.45) is 5.92 Å². The van der Waals surface area contributed by atoms with Crippen molar-refractivity contribution in [1.29, 1.82) is 0 Å². The molecule has 2 aliphatic rings. The van der Waals surface area contributed by atoms with Crippen LogP contribution in [0.15, 0.2) is 36.7 Å². The second-order valence-corrected chi connectivity index (χ2v) is 6.24. The third-order valence-electron chi connectivity index (χ3n) is 4.71. The van der Waals surface area contributed by atoms with Gasteiger partial charge in [-0.05, 0) is 36.5 Å². The fourth-order valence-corrected chi connectivity index (χ4v) is 3.36. The highest BCUT2D eigenvalue weighted by Gasteiger charge is 2.44. The van der Waals surface area contributed by atoms with E-state index in [-0.39, 0.29) is 29.6 Å². The van der Waals surface area contributed by atoms with Gasteiger partial charge in [-0.3, -0.25) is 4.79 Å². The number of nitrogens with one attached hydrogen (secondary N) is 1. The molecule has 114 valence electrons.